The molecule has 0 aliphatic heterocycles. The second-order valence-corrected chi connectivity index (χ2v) is 3.92. The van der Waals surface area contributed by atoms with E-state index in [-0.39, 0.29) is 0 Å². The Bertz CT molecular complexity index is 300. The first kappa shape index (κ1) is 9.79. The van der Waals surface area contributed by atoms with E-state index in [1.807, 2.05) is 0 Å². The van der Waals surface area contributed by atoms with Crippen molar-refractivity contribution in [3.63, 3.8) is 0 Å². The maximum absolute atomic E-state index is 3.50. The van der Waals surface area contributed by atoms with E-state index in [1.165, 1.54) is 27.8 Å². The van der Waals surface area contributed by atoms with Crippen molar-refractivity contribution in [2.75, 3.05) is 0 Å². The summed E-state index contributed by atoms with van der Waals surface area (Å²) in [6.07, 6.45) is 0. The molecule has 0 amide bonds. The molecule has 0 heterocycles. The predicted octanol–water partition coefficient (Wildman–Crippen LogP) is 3.82. The van der Waals surface area contributed by atoms with Gasteiger partial charge in [0.1, 0.15) is 0 Å². The molecule has 1 rings (SSSR count). The maximum Gasteiger partial charge on any atom is 0.0285 e. The molecule has 0 aromatic heterocycles. The second-order valence-electron chi connectivity index (χ2n) is 3.36. The minimum absolute atomic E-state index is 0.959. The van der Waals surface area contributed by atoms with Crippen LogP contribution in [0, 0.1) is 27.7 Å². The summed E-state index contributed by atoms with van der Waals surface area (Å²) in [6.45, 7) is 8.76. The molecule has 1 heteroatoms. The molecule has 0 radical (unpaired) electrons. The molecule has 66 valence electrons. The number of benzene rings is 1. The van der Waals surface area contributed by atoms with Gasteiger partial charge in [-0.05, 0) is 55.5 Å². The molecule has 0 atom stereocenters. The van der Waals surface area contributed by atoms with Crippen LogP contribution in [0.2, 0.25) is 0 Å². The molecule has 0 nitrogen and oxygen atoms in total. The molecular formula is C11H15Br. The molecular weight excluding hydrogens is 212 g/mol. The van der Waals surface area contributed by atoms with Crippen LogP contribution in [-0.4, -0.2) is 0 Å². The van der Waals surface area contributed by atoms with Crippen LogP contribution in [-0.2, 0) is 5.33 Å². The lowest BCUT2D eigenvalue weighted by Crippen LogP contribution is -1.95. The Labute approximate surface area is 83.1 Å². The van der Waals surface area contributed by atoms with Gasteiger partial charge in [-0.25, -0.2) is 0 Å². The van der Waals surface area contributed by atoms with Gasteiger partial charge in [0.2, 0.25) is 0 Å². The average Bonchev–Trinajstić information content (AvgIpc) is 2.08. The van der Waals surface area contributed by atoms with Crippen molar-refractivity contribution in [2.24, 2.45) is 0 Å². The molecule has 0 bridgehead atoms. The first-order chi connectivity index (χ1) is 5.57. The molecule has 0 saturated carbocycles. The second kappa shape index (κ2) is 3.61. The van der Waals surface area contributed by atoms with Crippen molar-refractivity contribution in [2.45, 2.75) is 33.0 Å². The van der Waals surface area contributed by atoms with Crippen molar-refractivity contribution in [1.29, 1.82) is 0 Å². The molecule has 0 unspecified atom stereocenters. The lowest BCUT2D eigenvalue weighted by molar-refractivity contribution is 1.17. The standard InChI is InChI=1S/C11H15Br/c1-7-5-11(6-12)10(4)9(3)8(7)2/h5H,6H2,1-4H3. The quantitative estimate of drug-likeness (QED) is 0.640. The summed E-state index contributed by atoms with van der Waals surface area (Å²) >= 11 is 3.50. The minimum atomic E-state index is 0.959. The van der Waals surface area contributed by atoms with Crippen molar-refractivity contribution in [1.82, 2.24) is 0 Å². The number of hydrogen-bond donors (Lipinski definition) is 0. The molecule has 12 heavy (non-hydrogen) atoms. The highest BCUT2D eigenvalue weighted by Gasteiger charge is 2.05. The van der Waals surface area contributed by atoms with Gasteiger partial charge < -0.3 is 0 Å². The smallest absolute Gasteiger partial charge is 0.0285 e. The molecule has 0 N–H and O–H groups in total. The predicted molar refractivity (Wildman–Crippen MR) is 58.0 cm³/mol. The highest BCUT2D eigenvalue weighted by Crippen LogP contribution is 2.22. The fraction of sp³-hybridized carbons (Fsp3) is 0.455. The van der Waals surface area contributed by atoms with Crippen LogP contribution >= 0.6 is 15.9 Å². The van der Waals surface area contributed by atoms with E-state index in [0.717, 1.165) is 5.33 Å². The van der Waals surface area contributed by atoms with E-state index in [9.17, 15) is 0 Å². The normalized spacial score (nSPS) is 10.4. The van der Waals surface area contributed by atoms with Gasteiger partial charge in [0.15, 0.2) is 0 Å². The van der Waals surface area contributed by atoms with Crippen LogP contribution < -0.4 is 0 Å². The number of aryl methyl sites for hydroxylation is 1. The number of hydrogen-bond acceptors (Lipinski definition) is 0. The summed E-state index contributed by atoms with van der Waals surface area (Å²) in [5.74, 6) is 0. The van der Waals surface area contributed by atoms with Crippen molar-refractivity contribution in [3.8, 4) is 0 Å². The maximum atomic E-state index is 3.50. The topological polar surface area (TPSA) is 0 Å². The zero-order chi connectivity index (χ0) is 9.30. The minimum Gasteiger partial charge on any atom is -0.0876 e. The van der Waals surface area contributed by atoms with Crippen molar-refractivity contribution >= 4 is 15.9 Å². The fourth-order valence-electron chi connectivity index (χ4n) is 1.43. The summed E-state index contributed by atoms with van der Waals surface area (Å²) < 4.78 is 0. The molecule has 0 aliphatic carbocycles. The van der Waals surface area contributed by atoms with Gasteiger partial charge in [0.25, 0.3) is 0 Å². The Balaban J connectivity index is 3.39. The SMILES string of the molecule is Cc1cc(CBr)c(C)c(C)c1C. The summed E-state index contributed by atoms with van der Waals surface area (Å²) in [6, 6.07) is 2.27. The lowest BCUT2D eigenvalue weighted by atomic mass is 9.95. The third kappa shape index (κ3) is 1.56. The number of halogens is 1. The first-order valence-electron chi connectivity index (χ1n) is 4.20. The Kier molecular flexibility index (Phi) is 2.94. The highest BCUT2D eigenvalue weighted by molar-refractivity contribution is 9.08. The summed E-state index contributed by atoms with van der Waals surface area (Å²) in [4.78, 5) is 0. The van der Waals surface area contributed by atoms with Crippen LogP contribution in [0.25, 0.3) is 0 Å². The Hall–Kier alpha value is -0.300. The van der Waals surface area contributed by atoms with Gasteiger partial charge in [-0.15, -0.1) is 0 Å². The van der Waals surface area contributed by atoms with Crippen LogP contribution in [0.3, 0.4) is 0 Å². The summed E-state index contributed by atoms with van der Waals surface area (Å²) in [5.41, 5.74) is 7.10. The average molecular weight is 227 g/mol. The van der Waals surface area contributed by atoms with Crippen LogP contribution in [0.15, 0.2) is 6.07 Å². The number of alkyl halides is 1. The Morgan fingerprint density at radius 1 is 1.00 bits per heavy atom. The van der Waals surface area contributed by atoms with Crippen molar-refractivity contribution in [3.05, 3.63) is 33.9 Å². The van der Waals surface area contributed by atoms with E-state index in [4.69, 9.17) is 0 Å². The highest BCUT2D eigenvalue weighted by atomic mass is 79.9. The molecule has 1 aromatic rings. The van der Waals surface area contributed by atoms with E-state index in [0.29, 0.717) is 0 Å². The van der Waals surface area contributed by atoms with E-state index in [1.54, 1.807) is 0 Å². The van der Waals surface area contributed by atoms with Gasteiger partial charge in [-0.1, -0.05) is 22.0 Å². The van der Waals surface area contributed by atoms with E-state index in [2.05, 4.69) is 49.7 Å². The third-order valence-electron chi connectivity index (χ3n) is 2.73. The van der Waals surface area contributed by atoms with Crippen LogP contribution in [0.5, 0.6) is 0 Å². The van der Waals surface area contributed by atoms with Gasteiger partial charge in [0, 0.05) is 5.33 Å². The molecule has 0 fully saturated rings. The molecule has 0 saturated heterocycles. The molecule has 1 aromatic carbocycles. The first-order valence-corrected chi connectivity index (χ1v) is 5.32. The van der Waals surface area contributed by atoms with Gasteiger partial charge in [-0.2, -0.15) is 0 Å². The zero-order valence-corrected chi connectivity index (χ0v) is 9.75. The summed E-state index contributed by atoms with van der Waals surface area (Å²) in [7, 11) is 0. The monoisotopic (exact) mass is 226 g/mol. The van der Waals surface area contributed by atoms with Gasteiger partial charge >= 0.3 is 0 Å². The van der Waals surface area contributed by atoms with Crippen LogP contribution in [0.4, 0.5) is 0 Å². The van der Waals surface area contributed by atoms with E-state index >= 15 is 0 Å². The van der Waals surface area contributed by atoms with Crippen molar-refractivity contribution < 1.29 is 0 Å². The zero-order valence-electron chi connectivity index (χ0n) is 8.16. The Morgan fingerprint density at radius 3 is 2.08 bits per heavy atom. The van der Waals surface area contributed by atoms with Gasteiger partial charge in [0.05, 0.1) is 0 Å². The molecule has 0 aliphatic rings. The van der Waals surface area contributed by atoms with Gasteiger partial charge in [-0.3, -0.25) is 0 Å². The summed E-state index contributed by atoms with van der Waals surface area (Å²) in [5, 5.41) is 0.959. The van der Waals surface area contributed by atoms with Crippen LogP contribution in [0.1, 0.15) is 27.8 Å². The fourth-order valence-corrected chi connectivity index (χ4v) is 2.02. The number of rotatable bonds is 1. The Morgan fingerprint density at radius 2 is 1.58 bits per heavy atom. The third-order valence-corrected chi connectivity index (χ3v) is 3.34. The van der Waals surface area contributed by atoms with E-state index < -0.39 is 0 Å². The lowest BCUT2D eigenvalue weighted by Gasteiger charge is -2.12. The molecule has 0 spiro atoms. The largest absolute Gasteiger partial charge is 0.0876 e.